The fourth-order valence-corrected chi connectivity index (χ4v) is 0.625. The van der Waals surface area contributed by atoms with Crippen molar-refractivity contribution in [1.29, 1.82) is 0 Å². The van der Waals surface area contributed by atoms with E-state index < -0.39 is 5.54 Å². The van der Waals surface area contributed by atoms with Crippen molar-refractivity contribution in [3.63, 3.8) is 0 Å². The molecule has 0 aliphatic carbocycles. The normalized spacial score (nSPS) is 13.4. The molecule has 0 spiro atoms. The first kappa shape index (κ1) is 10.8. The topological polar surface area (TPSA) is 50.7 Å². The molecule has 3 heteroatoms. The Hall–Kier alpha value is -1.22. The number of nitrogens with zero attached hydrogens (tertiary/aromatic N) is 2. The predicted molar refractivity (Wildman–Crippen MR) is 54.6 cm³/mol. The largest absolute Gasteiger partial charge is 0.321 e. The van der Waals surface area contributed by atoms with E-state index in [4.69, 9.17) is 5.73 Å². The second-order valence-corrected chi connectivity index (χ2v) is 2.89. The summed E-state index contributed by atoms with van der Waals surface area (Å²) in [5.74, 6) is 0. The highest BCUT2D eigenvalue weighted by molar-refractivity contribution is 6.04. The van der Waals surface area contributed by atoms with E-state index in [1.165, 1.54) is 12.5 Å². The molecule has 0 aromatic rings. The van der Waals surface area contributed by atoms with Gasteiger partial charge in [0.05, 0.1) is 11.3 Å². The molecule has 0 saturated heterocycles. The van der Waals surface area contributed by atoms with E-state index in [-0.39, 0.29) is 0 Å². The number of hydrogen-bond acceptors (Lipinski definition) is 2. The van der Waals surface area contributed by atoms with Crippen LogP contribution in [0.15, 0.2) is 35.4 Å². The Balaban J connectivity index is 4.55. The van der Waals surface area contributed by atoms with Crippen molar-refractivity contribution in [1.82, 2.24) is 0 Å². The van der Waals surface area contributed by atoms with E-state index in [0.29, 0.717) is 5.71 Å². The molecule has 0 saturated carbocycles. The molecule has 0 bridgehead atoms. The molecule has 0 aliphatic rings. The molecule has 0 aromatic carbocycles. The van der Waals surface area contributed by atoms with Crippen molar-refractivity contribution in [2.24, 2.45) is 15.7 Å². The van der Waals surface area contributed by atoms with Crippen LogP contribution < -0.4 is 5.73 Å². The molecule has 0 fully saturated rings. The summed E-state index contributed by atoms with van der Waals surface area (Å²) in [6.07, 6.45) is 4.43. The first-order chi connectivity index (χ1) is 5.52. The quantitative estimate of drug-likeness (QED) is 0.498. The number of hydrogen-bond donors (Lipinski definition) is 1. The van der Waals surface area contributed by atoms with Crippen LogP contribution in [0.5, 0.6) is 0 Å². The van der Waals surface area contributed by atoms with Gasteiger partial charge < -0.3 is 5.73 Å². The Morgan fingerprint density at radius 2 is 2.00 bits per heavy atom. The molecule has 0 amide bonds. The summed E-state index contributed by atoms with van der Waals surface area (Å²) in [5.41, 5.74) is 6.01. The highest BCUT2D eigenvalue weighted by Gasteiger charge is 2.15. The zero-order chi connectivity index (χ0) is 9.61. The lowest BCUT2D eigenvalue weighted by molar-refractivity contribution is 0.703. The van der Waals surface area contributed by atoms with Crippen LogP contribution in [0.4, 0.5) is 0 Å². The molecule has 2 N–H and O–H groups in total. The monoisotopic (exact) mass is 165 g/mol. The first-order valence-corrected chi connectivity index (χ1v) is 3.64. The van der Waals surface area contributed by atoms with Crippen molar-refractivity contribution in [2.75, 3.05) is 0 Å². The highest BCUT2D eigenvalue weighted by Crippen LogP contribution is 2.01. The molecule has 0 atom stereocenters. The Labute approximate surface area is 73.4 Å². The van der Waals surface area contributed by atoms with Gasteiger partial charge in [0, 0.05) is 6.20 Å². The van der Waals surface area contributed by atoms with Crippen molar-refractivity contribution in [2.45, 2.75) is 19.4 Å². The third-order valence-electron chi connectivity index (χ3n) is 1.22. The van der Waals surface area contributed by atoms with Crippen LogP contribution in [0.1, 0.15) is 13.8 Å². The number of aliphatic imine (C=N–C) groups is 2. The summed E-state index contributed by atoms with van der Waals surface area (Å²) in [4.78, 5) is 7.74. The van der Waals surface area contributed by atoms with Gasteiger partial charge in [-0.3, -0.25) is 0 Å². The van der Waals surface area contributed by atoms with Crippen molar-refractivity contribution < 1.29 is 0 Å². The maximum Gasteiger partial charge on any atom is 0.115 e. The molecule has 66 valence electrons. The van der Waals surface area contributed by atoms with Crippen LogP contribution in [-0.4, -0.2) is 17.6 Å². The molecule has 12 heavy (non-hydrogen) atoms. The van der Waals surface area contributed by atoms with Crippen molar-refractivity contribution in [3.8, 4) is 0 Å². The molecule has 0 unspecified atom stereocenters. The average molecular weight is 165 g/mol. The van der Waals surface area contributed by atoms with Crippen LogP contribution in [0.3, 0.4) is 0 Å². The van der Waals surface area contributed by atoms with Crippen LogP contribution in [0.2, 0.25) is 0 Å². The van der Waals surface area contributed by atoms with Crippen molar-refractivity contribution in [3.05, 3.63) is 25.4 Å². The van der Waals surface area contributed by atoms with E-state index in [9.17, 15) is 0 Å². The van der Waals surface area contributed by atoms with Crippen LogP contribution in [0, 0.1) is 0 Å². The molecule has 3 nitrogen and oxygen atoms in total. The van der Waals surface area contributed by atoms with Gasteiger partial charge >= 0.3 is 0 Å². The number of rotatable bonds is 4. The van der Waals surface area contributed by atoms with E-state index in [2.05, 4.69) is 23.1 Å². The minimum atomic E-state index is -0.477. The van der Waals surface area contributed by atoms with Gasteiger partial charge in [0.1, 0.15) is 6.34 Å². The minimum Gasteiger partial charge on any atom is -0.321 e. The van der Waals surface area contributed by atoms with Gasteiger partial charge in [-0.2, -0.15) is 0 Å². The zero-order valence-corrected chi connectivity index (χ0v) is 7.62. The second kappa shape index (κ2) is 4.62. The molecular weight excluding hydrogens is 150 g/mol. The summed E-state index contributed by atoms with van der Waals surface area (Å²) in [5, 5.41) is 0. The molecule has 0 aromatic heterocycles. The summed E-state index contributed by atoms with van der Waals surface area (Å²) in [6.45, 7) is 10.7. The van der Waals surface area contributed by atoms with Gasteiger partial charge in [0.2, 0.25) is 0 Å². The zero-order valence-electron chi connectivity index (χ0n) is 7.62. The van der Waals surface area contributed by atoms with Gasteiger partial charge in [-0.1, -0.05) is 13.2 Å². The van der Waals surface area contributed by atoms with Gasteiger partial charge in [-0.15, -0.1) is 0 Å². The highest BCUT2D eigenvalue weighted by atomic mass is 14.9. The Morgan fingerprint density at radius 1 is 1.42 bits per heavy atom. The van der Waals surface area contributed by atoms with Crippen LogP contribution >= 0.6 is 0 Å². The van der Waals surface area contributed by atoms with E-state index >= 15 is 0 Å². The van der Waals surface area contributed by atoms with Gasteiger partial charge in [0.25, 0.3) is 0 Å². The minimum absolute atomic E-state index is 0.477. The molecular formula is C9H15N3. The maximum absolute atomic E-state index is 5.78. The molecule has 0 aliphatic heterocycles. The third kappa shape index (κ3) is 3.83. The lowest BCUT2D eigenvalue weighted by atomic mass is 10.0. The van der Waals surface area contributed by atoms with E-state index in [1.54, 1.807) is 6.08 Å². The Bertz CT molecular complexity index is 218. The summed E-state index contributed by atoms with van der Waals surface area (Å²) in [6, 6.07) is 0. The predicted octanol–water partition coefficient (Wildman–Crippen LogP) is 1.52. The average Bonchev–Trinajstić information content (AvgIpc) is 1.95. The van der Waals surface area contributed by atoms with Gasteiger partial charge in [0.15, 0.2) is 0 Å². The standard InChI is InChI=1S/C9H15N3/c1-5-8(9(3,4)10)12-7-11-6-2/h5-7H,1-2,10H2,3-4H3. The summed E-state index contributed by atoms with van der Waals surface area (Å²) in [7, 11) is 0. The maximum atomic E-state index is 5.78. The smallest absolute Gasteiger partial charge is 0.115 e. The van der Waals surface area contributed by atoms with Crippen LogP contribution in [-0.2, 0) is 0 Å². The summed E-state index contributed by atoms with van der Waals surface area (Å²) < 4.78 is 0. The molecule has 0 radical (unpaired) electrons. The third-order valence-corrected chi connectivity index (χ3v) is 1.22. The molecule has 0 heterocycles. The van der Waals surface area contributed by atoms with Gasteiger partial charge in [-0.05, 0) is 19.9 Å². The lowest BCUT2D eigenvalue weighted by Crippen LogP contribution is -2.40. The van der Waals surface area contributed by atoms with E-state index in [0.717, 1.165) is 0 Å². The van der Waals surface area contributed by atoms with Crippen molar-refractivity contribution >= 4 is 12.1 Å². The lowest BCUT2D eigenvalue weighted by Gasteiger charge is -2.17. The van der Waals surface area contributed by atoms with E-state index in [1.807, 2.05) is 13.8 Å². The SMILES string of the molecule is C=CN=CN=C(C=C)C(C)(C)N. The number of nitrogens with two attached hydrogens (primary N) is 1. The van der Waals surface area contributed by atoms with Gasteiger partial charge in [-0.25, -0.2) is 9.98 Å². The fraction of sp³-hybridized carbons (Fsp3) is 0.333. The molecule has 0 rings (SSSR count). The van der Waals surface area contributed by atoms with Crippen LogP contribution in [0.25, 0.3) is 0 Å². The first-order valence-electron chi connectivity index (χ1n) is 3.64. The Morgan fingerprint density at radius 3 is 2.33 bits per heavy atom. The Kier molecular flexibility index (Phi) is 4.15. The second-order valence-electron chi connectivity index (χ2n) is 2.89. The fourth-order valence-electron chi connectivity index (χ4n) is 0.625. The summed E-state index contributed by atoms with van der Waals surface area (Å²) >= 11 is 0.